The van der Waals surface area contributed by atoms with Gasteiger partial charge in [0.2, 0.25) is 5.95 Å². The maximum Gasteiger partial charge on any atom is 0.320 e. The first-order valence-electron chi connectivity index (χ1n) is 20.7. The van der Waals surface area contributed by atoms with Gasteiger partial charge in [-0.15, -0.1) is 10.2 Å². The molecule has 302 valence electrons. The van der Waals surface area contributed by atoms with E-state index in [2.05, 4.69) is 99.8 Å². The zero-order valence-electron chi connectivity index (χ0n) is 34.2. The van der Waals surface area contributed by atoms with E-state index in [4.69, 9.17) is 21.4 Å². The van der Waals surface area contributed by atoms with E-state index in [1.807, 2.05) is 53.3 Å². The lowest BCUT2D eigenvalue weighted by Gasteiger charge is -2.39. The van der Waals surface area contributed by atoms with E-state index in [0.717, 1.165) is 115 Å². The number of nitrogens with zero attached hydrogens (tertiary/aromatic N) is 8. The molecule has 2 aromatic carbocycles. The Morgan fingerprint density at radius 1 is 0.912 bits per heavy atom. The van der Waals surface area contributed by atoms with Gasteiger partial charge in [0.25, 0.3) is 0 Å². The SMILES string of the molecule is C[C@@H]1CCC[C@H](C)N1c1nnc2ccc(O[C@@H]3CC[C@H](NC(=O)Nc4cc(C(C)(C)C)nn4-c4ccc(Cl)c(CCN5CCN(C)CC5)c4)c4ccccc43)cn12. The van der Waals surface area contributed by atoms with Crippen LogP contribution in [0, 0.1) is 0 Å². The van der Waals surface area contributed by atoms with Gasteiger partial charge in [0, 0.05) is 61.3 Å². The zero-order valence-corrected chi connectivity index (χ0v) is 35.0. The number of likely N-dealkylation sites (N-methyl/N-ethyl adjacent to an activating group) is 1. The number of carbonyl (C=O) groups excluding carboxylic acids is 1. The molecule has 4 atom stereocenters. The molecule has 0 spiro atoms. The van der Waals surface area contributed by atoms with Crippen LogP contribution >= 0.6 is 11.6 Å². The van der Waals surface area contributed by atoms with Crippen LogP contribution in [0.2, 0.25) is 5.02 Å². The summed E-state index contributed by atoms with van der Waals surface area (Å²) in [6.07, 6.45) is 7.67. The summed E-state index contributed by atoms with van der Waals surface area (Å²) in [6, 6.07) is 20.5. The fourth-order valence-corrected chi connectivity index (χ4v) is 8.90. The monoisotopic (exact) mass is 792 g/mol. The van der Waals surface area contributed by atoms with Gasteiger partial charge in [0.15, 0.2) is 5.65 Å². The smallest absolute Gasteiger partial charge is 0.320 e. The van der Waals surface area contributed by atoms with Gasteiger partial charge in [0.05, 0.1) is 23.6 Å². The van der Waals surface area contributed by atoms with E-state index >= 15 is 0 Å². The van der Waals surface area contributed by atoms with Crippen molar-refractivity contribution >= 4 is 35.0 Å². The number of pyridine rings is 1. The summed E-state index contributed by atoms with van der Waals surface area (Å²) >= 11 is 6.74. The summed E-state index contributed by atoms with van der Waals surface area (Å²) in [7, 11) is 2.17. The standard InChI is InChI=1S/C44H57ClN10O2/c1-29-10-9-11-30(2)54(29)43-49-48-40-19-15-33(28-53(40)43)57-38-18-17-37(34-12-7-8-13-35(34)38)46-42(56)47-41-27-39(44(3,4)5)50-55(41)32-14-16-36(45)31(26-32)20-21-52-24-22-51(6)23-25-52/h7-8,12-16,19,26-30,37-38H,9-11,17-18,20-25H2,1-6H3,(H2,46,47,56)/t29-,30+,37-,38+/m0/s1. The number of hydrogen-bond acceptors (Lipinski definition) is 8. The maximum atomic E-state index is 13.9. The third kappa shape index (κ3) is 8.49. The third-order valence-electron chi connectivity index (χ3n) is 12.1. The van der Waals surface area contributed by atoms with Crippen LogP contribution in [0.1, 0.15) is 101 Å². The molecule has 3 aromatic heterocycles. The summed E-state index contributed by atoms with van der Waals surface area (Å²) in [6.45, 7) is 16.1. The van der Waals surface area contributed by atoms with Crippen LogP contribution in [0.5, 0.6) is 5.75 Å². The number of carbonyl (C=O) groups is 1. The average Bonchev–Trinajstić information content (AvgIpc) is 3.81. The van der Waals surface area contributed by atoms with Gasteiger partial charge in [0.1, 0.15) is 17.7 Å². The number of hydrogen-bond donors (Lipinski definition) is 2. The number of amides is 2. The Bertz CT molecular complexity index is 2190. The van der Waals surface area contributed by atoms with Crippen molar-refractivity contribution in [2.45, 2.75) is 103 Å². The van der Waals surface area contributed by atoms with Crippen LogP contribution < -0.4 is 20.3 Å². The van der Waals surface area contributed by atoms with Crippen molar-refractivity contribution in [3.8, 4) is 11.4 Å². The summed E-state index contributed by atoms with van der Waals surface area (Å²) in [5.74, 6) is 2.23. The Kier molecular flexibility index (Phi) is 11.2. The molecular weight excluding hydrogens is 736 g/mol. The van der Waals surface area contributed by atoms with E-state index < -0.39 is 0 Å². The highest BCUT2D eigenvalue weighted by Gasteiger charge is 2.32. The molecule has 2 amide bonds. The molecule has 1 aliphatic carbocycles. The van der Waals surface area contributed by atoms with Crippen molar-refractivity contribution in [2.24, 2.45) is 0 Å². The lowest BCUT2D eigenvalue weighted by molar-refractivity contribution is 0.155. The highest BCUT2D eigenvalue weighted by Crippen LogP contribution is 2.39. The molecule has 2 fully saturated rings. The minimum atomic E-state index is -0.285. The normalized spacial score (nSPS) is 22.1. The number of nitrogens with one attached hydrogen (secondary N) is 2. The highest BCUT2D eigenvalue weighted by atomic mass is 35.5. The predicted octanol–water partition coefficient (Wildman–Crippen LogP) is 8.20. The topological polar surface area (TPSA) is 108 Å². The van der Waals surface area contributed by atoms with Gasteiger partial charge in [-0.05, 0) is 106 Å². The molecule has 0 saturated carbocycles. The van der Waals surface area contributed by atoms with Crippen LogP contribution in [0.15, 0.2) is 66.9 Å². The number of halogens is 1. The summed E-state index contributed by atoms with van der Waals surface area (Å²) in [4.78, 5) is 21.1. The van der Waals surface area contributed by atoms with Crippen molar-refractivity contribution in [1.82, 2.24) is 39.5 Å². The molecule has 0 bridgehead atoms. The molecule has 57 heavy (non-hydrogen) atoms. The average molecular weight is 793 g/mol. The Labute approximate surface area is 341 Å². The minimum absolute atomic E-state index is 0.168. The molecule has 8 rings (SSSR count). The van der Waals surface area contributed by atoms with E-state index in [9.17, 15) is 4.79 Å². The quantitative estimate of drug-likeness (QED) is 0.154. The second kappa shape index (κ2) is 16.3. The van der Waals surface area contributed by atoms with Gasteiger partial charge in [-0.2, -0.15) is 5.10 Å². The van der Waals surface area contributed by atoms with Crippen molar-refractivity contribution in [3.63, 3.8) is 0 Å². The van der Waals surface area contributed by atoms with Crippen molar-refractivity contribution in [2.75, 3.05) is 50.0 Å². The molecule has 12 nitrogen and oxygen atoms in total. The van der Waals surface area contributed by atoms with E-state index in [1.165, 1.54) is 6.42 Å². The van der Waals surface area contributed by atoms with Crippen molar-refractivity contribution in [3.05, 3.63) is 94.3 Å². The number of anilines is 2. The largest absolute Gasteiger partial charge is 0.484 e. The Balaban J connectivity index is 0.980. The van der Waals surface area contributed by atoms with Crippen LogP contribution in [0.25, 0.3) is 11.3 Å². The lowest BCUT2D eigenvalue weighted by Crippen LogP contribution is -2.45. The van der Waals surface area contributed by atoms with Crippen LogP contribution in [-0.4, -0.2) is 92.1 Å². The number of aromatic nitrogens is 5. The number of fused-ring (bicyclic) bond motifs is 2. The molecule has 3 aliphatic rings. The number of rotatable bonds is 9. The van der Waals surface area contributed by atoms with E-state index in [0.29, 0.717) is 17.9 Å². The molecular formula is C44H57ClN10O2. The lowest BCUT2D eigenvalue weighted by atomic mass is 9.85. The maximum absolute atomic E-state index is 13.9. The summed E-state index contributed by atoms with van der Waals surface area (Å²) in [5, 5.41) is 21.3. The Hall–Kier alpha value is -4.65. The molecule has 2 N–H and O–H groups in total. The number of piperidine rings is 1. The number of urea groups is 1. The van der Waals surface area contributed by atoms with Gasteiger partial charge in [-0.3, -0.25) is 9.72 Å². The van der Waals surface area contributed by atoms with Gasteiger partial charge in [-0.1, -0.05) is 56.6 Å². The molecule has 0 radical (unpaired) electrons. The van der Waals surface area contributed by atoms with Crippen molar-refractivity contribution < 1.29 is 9.53 Å². The van der Waals surface area contributed by atoms with Crippen LogP contribution in [0.3, 0.4) is 0 Å². The van der Waals surface area contributed by atoms with Crippen LogP contribution in [-0.2, 0) is 11.8 Å². The number of piperazine rings is 1. The minimum Gasteiger partial charge on any atom is -0.484 e. The fourth-order valence-electron chi connectivity index (χ4n) is 8.69. The molecule has 13 heteroatoms. The number of benzene rings is 2. The van der Waals surface area contributed by atoms with Gasteiger partial charge >= 0.3 is 6.03 Å². The predicted molar refractivity (Wildman–Crippen MR) is 227 cm³/mol. The van der Waals surface area contributed by atoms with Crippen molar-refractivity contribution in [1.29, 1.82) is 0 Å². The third-order valence-corrected chi connectivity index (χ3v) is 12.5. The molecule has 5 heterocycles. The molecule has 5 aromatic rings. The molecule has 2 aliphatic heterocycles. The van der Waals surface area contributed by atoms with Gasteiger partial charge in [-0.25, -0.2) is 9.48 Å². The highest BCUT2D eigenvalue weighted by molar-refractivity contribution is 6.31. The van der Waals surface area contributed by atoms with Crippen LogP contribution in [0.4, 0.5) is 16.6 Å². The first kappa shape index (κ1) is 39.2. The molecule has 2 saturated heterocycles. The Morgan fingerprint density at radius 2 is 1.67 bits per heavy atom. The second-order valence-corrected chi connectivity index (χ2v) is 17.7. The molecule has 0 unspecified atom stereocenters. The van der Waals surface area contributed by atoms with E-state index in [1.54, 1.807) is 0 Å². The van der Waals surface area contributed by atoms with E-state index in [-0.39, 0.29) is 23.6 Å². The van der Waals surface area contributed by atoms with Gasteiger partial charge < -0.3 is 24.8 Å². The summed E-state index contributed by atoms with van der Waals surface area (Å²) in [5.41, 5.74) is 5.51. The second-order valence-electron chi connectivity index (χ2n) is 17.3. The Morgan fingerprint density at radius 3 is 2.42 bits per heavy atom. The first-order chi connectivity index (χ1) is 27.4. The fraction of sp³-hybridized carbons (Fsp3) is 0.500. The summed E-state index contributed by atoms with van der Waals surface area (Å²) < 4.78 is 10.6. The zero-order chi connectivity index (χ0) is 39.8. The first-order valence-corrected chi connectivity index (χ1v) is 21.1. The number of ether oxygens (including phenoxy) is 1.